The third kappa shape index (κ3) is 5.33. The minimum absolute atomic E-state index is 0.0892. The van der Waals surface area contributed by atoms with E-state index in [1.165, 1.54) is 27.3 Å². The highest BCUT2D eigenvalue weighted by Crippen LogP contribution is 2.34. The van der Waals surface area contributed by atoms with Crippen LogP contribution in [0.2, 0.25) is 0 Å². The summed E-state index contributed by atoms with van der Waals surface area (Å²) < 4.78 is 17.3. The Labute approximate surface area is 179 Å². The van der Waals surface area contributed by atoms with Crippen molar-refractivity contribution >= 4 is 64.6 Å². The Morgan fingerprint density at radius 2 is 2.19 bits per heavy atom. The van der Waals surface area contributed by atoms with Gasteiger partial charge in [-0.3, -0.25) is 13.2 Å². The predicted molar refractivity (Wildman–Crippen MR) is 122 cm³/mol. The van der Waals surface area contributed by atoms with Gasteiger partial charge in [0.2, 0.25) is 5.78 Å². The van der Waals surface area contributed by atoms with Crippen LogP contribution in [-0.2, 0) is 0 Å². The summed E-state index contributed by atoms with van der Waals surface area (Å²) in [4.78, 5) is 14.5. The Hall–Kier alpha value is -1.38. The van der Waals surface area contributed by atoms with Crippen LogP contribution in [-0.4, -0.2) is 41.2 Å². The van der Waals surface area contributed by atoms with Gasteiger partial charge in [0.25, 0.3) is 0 Å². The molecule has 0 aliphatic rings. The topological polar surface area (TPSA) is 61.1 Å². The third-order valence-electron chi connectivity index (χ3n) is 3.72. The van der Waals surface area contributed by atoms with Crippen molar-refractivity contribution in [1.82, 2.24) is 8.87 Å². The molecule has 0 radical (unpaired) electrons. The second-order valence-corrected chi connectivity index (χ2v) is 8.65. The fraction of sp³-hybridized carbons (Fsp3) is 0.333. The first-order chi connectivity index (χ1) is 12.9. The Morgan fingerprint density at radius 3 is 2.78 bits per heavy atom. The molecule has 9 heteroatoms. The van der Waals surface area contributed by atoms with Crippen molar-refractivity contribution in [3.63, 3.8) is 0 Å². The molecule has 0 unspecified atom stereocenters. The molecule has 27 heavy (non-hydrogen) atoms. The molecule has 0 spiro atoms. The predicted octanol–water partition coefficient (Wildman–Crippen LogP) is 5.37. The number of hydrogen-bond acceptors (Lipinski definition) is 6. The van der Waals surface area contributed by atoms with Crippen molar-refractivity contribution in [2.24, 2.45) is 0 Å². The number of nitrogens with one attached hydrogen (secondary N) is 1. The summed E-state index contributed by atoms with van der Waals surface area (Å²) in [5.41, 5.74) is 3.40. The average molecular weight is 518 g/mol. The molecule has 0 bridgehead atoms. The van der Waals surface area contributed by atoms with Crippen molar-refractivity contribution in [2.45, 2.75) is 13.3 Å². The van der Waals surface area contributed by atoms with Crippen LogP contribution in [0, 0.1) is 18.3 Å². The maximum Gasteiger partial charge on any atom is 0.222 e. The SMILES string of the molecule is Cc1cc2cc(C(=O)/C(C#N)=C/N(C)C)n(SI)c2cc1NSCCCF. The van der Waals surface area contributed by atoms with Crippen molar-refractivity contribution in [2.75, 3.05) is 31.2 Å². The number of rotatable bonds is 9. The van der Waals surface area contributed by atoms with E-state index in [1.807, 2.05) is 35.2 Å². The highest BCUT2D eigenvalue weighted by atomic mass is 127. The molecular weight excluding hydrogens is 498 g/mol. The van der Waals surface area contributed by atoms with Crippen molar-refractivity contribution < 1.29 is 9.18 Å². The number of alkyl halides is 1. The minimum atomic E-state index is -0.325. The summed E-state index contributed by atoms with van der Waals surface area (Å²) in [7, 11) is 4.93. The van der Waals surface area contributed by atoms with Gasteiger partial charge in [0, 0.05) is 67.4 Å². The molecule has 0 aliphatic carbocycles. The summed E-state index contributed by atoms with van der Waals surface area (Å²) in [5, 5.41) is 10.3. The fourth-order valence-corrected chi connectivity index (χ4v) is 4.92. The lowest BCUT2D eigenvalue weighted by Gasteiger charge is -2.10. The first-order valence-electron chi connectivity index (χ1n) is 8.15. The molecule has 0 fully saturated rings. The average Bonchev–Trinajstić information content (AvgIpc) is 2.99. The molecule has 1 aromatic carbocycles. The number of hydrogen-bond donors (Lipinski definition) is 1. The summed E-state index contributed by atoms with van der Waals surface area (Å²) in [6, 6.07) is 7.80. The van der Waals surface area contributed by atoms with Gasteiger partial charge in [0.05, 0.1) is 12.2 Å². The largest absolute Gasteiger partial charge is 0.382 e. The number of nitriles is 1. The highest BCUT2D eigenvalue weighted by Gasteiger charge is 2.20. The van der Waals surface area contributed by atoms with Crippen LogP contribution in [0.5, 0.6) is 0 Å². The molecular formula is C18H20FIN4OS2. The number of carbonyl (C=O) groups excluding carboxylic acids is 1. The van der Waals surface area contributed by atoms with E-state index in [1.54, 1.807) is 19.0 Å². The monoisotopic (exact) mass is 518 g/mol. The number of anilines is 1. The van der Waals surface area contributed by atoms with Gasteiger partial charge < -0.3 is 9.62 Å². The summed E-state index contributed by atoms with van der Waals surface area (Å²) in [6.07, 6.45) is 2.04. The van der Waals surface area contributed by atoms with Gasteiger partial charge in [-0.05, 0) is 37.1 Å². The number of carbonyl (C=O) groups is 1. The van der Waals surface area contributed by atoms with Crippen LogP contribution < -0.4 is 4.72 Å². The normalized spacial score (nSPS) is 11.5. The lowest BCUT2D eigenvalue weighted by molar-refractivity contribution is 0.103. The molecule has 0 saturated carbocycles. The summed E-state index contributed by atoms with van der Waals surface area (Å²) >= 11 is 3.59. The van der Waals surface area contributed by atoms with E-state index in [2.05, 4.69) is 25.9 Å². The van der Waals surface area contributed by atoms with E-state index < -0.39 is 0 Å². The molecule has 0 amide bonds. The highest BCUT2D eigenvalue weighted by molar-refractivity contribution is 14.2. The number of fused-ring (bicyclic) bond motifs is 1. The zero-order chi connectivity index (χ0) is 20.0. The number of nitrogens with zero attached hydrogens (tertiary/aromatic N) is 3. The van der Waals surface area contributed by atoms with E-state index >= 15 is 0 Å². The second-order valence-electron chi connectivity index (χ2n) is 6.06. The van der Waals surface area contributed by atoms with Crippen LogP contribution >= 0.6 is 42.3 Å². The van der Waals surface area contributed by atoms with E-state index in [4.69, 9.17) is 0 Å². The van der Waals surface area contributed by atoms with Crippen LogP contribution in [0.4, 0.5) is 10.1 Å². The number of allylic oxidation sites excluding steroid dienone is 1. The van der Waals surface area contributed by atoms with Crippen LogP contribution in [0.1, 0.15) is 22.5 Å². The summed E-state index contributed by atoms with van der Waals surface area (Å²) in [5.74, 6) is 0.372. The van der Waals surface area contributed by atoms with Gasteiger partial charge in [-0.15, -0.1) is 0 Å². The van der Waals surface area contributed by atoms with E-state index in [0.717, 1.165) is 22.2 Å². The van der Waals surface area contributed by atoms with Gasteiger partial charge in [-0.25, -0.2) is 0 Å². The molecule has 144 valence electrons. The van der Waals surface area contributed by atoms with Gasteiger partial charge in [-0.1, -0.05) is 11.9 Å². The number of Topliss-reactive ketones (excluding diaryl/α,β-unsaturated/α-hetero) is 1. The molecule has 1 N–H and O–H groups in total. The molecule has 0 atom stereocenters. The maximum absolute atomic E-state index is 12.9. The molecule has 2 rings (SSSR count). The van der Waals surface area contributed by atoms with Crippen molar-refractivity contribution in [3.8, 4) is 6.07 Å². The second kappa shape index (κ2) is 10.2. The van der Waals surface area contributed by atoms with Gasteiger partial charge in [0.1, 0.15) is 17.3 Å². The molecule has 1 aromatic heterocycles. The lowest BCUT2D eigenvalue weighted by atomic mass is 10.1. The Morgan fingerprint density at radius 1 is 1.44 bits per heavy atom. The number of aryl methyl sites for hydroxylation is 1. The standard InChI is InChI=1S/C18H20FIN4OS2/c1-12-7-13-8-17(18(25)14(10-21)11-23(2)3)24(27-20)16(13)9-15(12)22-26-6-4-5-19/h7-9,11,22H,4-6H2,1-3H3/b14-11+. The zero-order valence-electron chi connectivity index (χ0n) is 15.3. The third-order valence-corrected chi connectivity index (χ3v) is 6.29. The van der Waals surface area contributed by atoms with E-state index in [-0.39, 0.29) is 18.0 Å². The Balaban J connectivity index is 2.45. The van der Waals surface area contributed by atoms with E-state index in [9.17, 15) is 14.4 Å². The van der Waals surface area contributed by atoms with Crippen molar-refractivity contribution in [3.05, 3.63) is 41.2 Å². The van der Waals surface area contributed by atoms with Crippen molar-refractivity contribution in [1.29, 1.82) is 5.26 Å². The van der Waals surface area contributed by atoms with Gasteiger partial charge >= 0.3 is 0 Å². The summed E-state index contributed by atoms with van der Waals surface area (Å²) in [6.45, 7) is 1.66. The maximum atomic E-state index is 12.9. The van der Waals surface area contributed by atoms with Crippen LogP contribution in [0.3, 0.4) is 0 Å². The minimum Gasteiger partial charge on any atom is -0.382 e. The number of halogens is 2. The molecule has 0 saturated heterocycles. The van der Waals surface area contributed by atoms with Gasteiger partial charge in [-0.2, -0.15) is 5.26 Å². The number of benzene rings is 1. The molecule has 0 aliphatic heterocycles. The molecule has 5 nitrogen and oxygen atoms in total. The Kier molecular flexibility index (Phi) is 8.31. The first kappa shape index (κ1) is 21.9. The smallest absolute Gasteiger partial charge is 0.222 e. The molecule has 1 heterocycles. The Bertz CT molecular complexity index is 905. The van der Waals surface area contributed by atoms with Crippen LogP contribution in [0.25, 0.3) is 10.9 Å². The zero-order valence-corrected chi connectivity index (χ0v) is 19.0. The lowest BCUT2D eigenvalue weighted by Crippen LogP contribution is -2.10. The first-order valence-corrected chi connectivity index (χ1v) is 12.4. The van der Waals surface area contributed by atoms with Crippen LogP contribution in [0.15, 0.2) is 30.0 Å². The number of ketones is 1. The van der Waals surface area contributed by atoms with E-state index in [0.29, 0.717) is 17.9 Å². The number of aromatic nitrogens is 1. The fourth-order valence-electron chi connectivity index (χ4n) is 2.48. The molecule has 2 aromatic rings. The van der Waals surface area contributed by atoms with Gasteiger partial charge in [0.15, 0.2) is 0 Å². The quantitative estimate of drug-likeness (QED) is 0.120.